The van der Waals surface area contributed by atoms with E-state index in [0.717, 1.165) is 35.7 Å². The first-order valence-electron chi connectivity index (χ1n) is 6.50. The van der Waals surface area contributed by atoms with Gasteiger partial charge in [-0.05, 0) is 31.4 Å². The molecule has 120 valence electrons. The van der Waals surface area contributed by atoms with Crippen LogP contribution < -0.4 is 0 Å². The van der Waals surface area contributed by atoms with E-state index in [1.54, 1.807) is 11.4 Å². The van der Waals surface area contributed by atoms with E-state index in [2.05, 4.69) is 4.98 Å². The average molecular weight is 368 g/mol. The van der Waals surface area contributed by atoms with Crippen LogP contribution in [0.4, 0.5) is 13.2 Å². The second-order valence-corrected chi connectivity index (χ2v) is 6.86. The van der Waals surface area contributed by atoms with Crippen LogP contribution in [0.5, 0.6) is 0 Å². The van der Waals surface area contributed by atoms with Gasteiger partial charge in [0, 0.05) is 16.9 Å². The van der Waals surface area contributed by atoms with Gasteiger partial charge in [-0.3, -0.25) is 0 Å². The van der Waals surface area contributed by atoms with Gasteiger partial charge in [0.2, 0.25) is 0 Å². The van der Waals surface area contributed by atoms with Gasteiger partial charge in [-0.15, -0.1) is 11.3 Å². The third kappa shape index (κ3) is 4.62. The van der Waals surface area contributed by atoms with Crippen LogP contribution in [0.25, 0.3) is 0 Å². The fourth-order valence-electron chi connectivity index (χ4n) is 1.76. The molecule has 0 atom stereocenters. The predicted molar refractivity (Wildman–Crippen MR) is 82.7 cm³/mol. The van der Waals surface area contributed by atoms with Crippen molar-refractivity contribution < 1.29 is 18.3 Å². The molecule has 0 saturated carbocycles. The molecule has 22 heavy (non-hydrogen) atoms. The highest BCUT2D eigenvalue weighted by molar-refractivity contribution is 7.99. The number of aromatic nitrogens is 1. The van der Waals surface area contributed by atoms with Crippen molar-refractivity contribution in [2.24, 2.45) is 0 Å². The van der Waals surface area contributed by atoms with Crippen LogP contribution in [-0.4, -0.2) is 16.7 Å². The molecule has 1 aromatic heterocycles. The summed E-state index contributed by atoms with van der Waals surface area (Å²) in [6, 6.07) is 3.85. The largest absolute Gasteiger partial charge is 0.417 e. The minimum absolute atomic E-state index is 0.146. The molecule has 0 saturated heterocycles. The van der Waals surface area contributed by atoms with E-state index in [1.807, 2.05) is 0 Å². The summed E-state index contributed by atoms with van der Waals surface area (Å²) >= 11 is 8.44. The zero-order valence-corrected chi connectivity index (χ0v) is 13.7. The first-order valence-corrected chi connectivity index (χ1v) is 8.58. The average Bonchev–Trinajstić information content (AvgIpc) is 2.88. The first-order chi connectivity index (χ1) is 10.4. The number of unbranched alkanes of at least 4 members (excludes halogenated alkanes) is 1. The Hall–Kier alpha value is -0.760. The standard InChI is InChI=1S/C14H13ClF3NOS2/c15-13-9(14(16,17)18)4-3-5-10(13)22-12-8-21-11(19-12)6-1-2-7-20/h3-5,8,20H,1-2,6-7H2. The van der Waals surface area contributed by atoms with Gasteiger partial charge in [0.15, 0.2) is 0 Å². The van der Waals surface area contributed by atoms with Crippen molar-refractivity contribution >= 4 is 34.7 Å². The van der Waals surface area contributed by atoms with Gasteiger partial charge in [-0.2, -0.15) is 13.2 Å². The van der Waals surface area contributed by atoms with Gasteiger partial charge >= 0.3 is 6.18 Å². The Bertz CT molecular complexity index is 631. The molecule has 1 heterocycles. The molecular formula is C14H13ClF3NOS2. The fraction of sp³-hybridized carbons (Fsp3) is 0.357. The fourth-order valence-corrected chi connectivity index (χ4v) is 3.94. The Balaban J connectivity index is 2.11. The normalized spacial score (nSPS) is 11.9. The maximum atomic E-state index is 12.8. The molecule has 0 aliphatic heterocycles. The Kier molecular flexibility index (Phi) is 6.14. The van der Waals surface area contributed by atoms with Crippen molar-refractivity contribution in [1.29, 1.82) is 0 Å². The molecule has 2 aromatic rings. The number of aliphatic hydroxyl groups excluding tert-OH is 1. The number of aryl methyl sites for hydroxylation is 1. The number of aliphatic hydroxyl groups is 1. The van der Waals surface area contributed by atoms with Gasteiger partial charge in [0.25, 0.3) is 0 Å². The quantitative estimate of drug-likeness (QED) is 0.705. The summed E-state index contributed by atoms with van der Waals surface area (Å²) in [6.45, 7) is 0.146. The van der Waals surface area contributed by atoms with Crippen LogP contribution in [0.15, 0.2) is 33.5 Å². The van der Waals surface area contributed by atoms with Crippen LogP contribution in [0.1, 0.15) is 23.4 Å². The lowest BCUT2D eigenvalue weighted by Crippen LogP contribution is -2.05. The highest BCUT2D eigenvalue weighted by Gasteiger charge is 2.34. The molecule has 0 bridgehead atoms. The molecule has 2 rings (SSSR count). The Morgan fingerprint density at radius 3 is 2.73 bits per heavy atom. The van der Waals surface area contributed by atoms with Gasteiger partial charge < -0.3 is 5.11 Å². The molecule has 2 nitrogen and oxygen atoms in total. The van der Waals surface area contributed by atoms with Crippen molar-refractivity contribution in [3.05, 3.63) is 39.2 Å². The van der Waals surface area contributed by atoms with Crippen molar-refractivity contribution in [3.63, 3.8) is 0 Å². The van der Waals surface area contributed by atoms with Crippen LogP contribution >= 0.6 is 34.7 Å². The Morgan fingerprint density at radius 1 is 1.27 bits per heavy atom. The lowest BCUT2D eigenvalue weighted by atomic mass is 10.2. The SMILES string of the molecule is OCCCCc1nc(Sc2cccc(C(F)(F)F)c2Cl)cs1. The number of hydrogen-bond donors (Lipinski definition) is 1. The van der Waals surface area contributed by atoms with E-state index in [0.29, 0.717) is 16.3 Å². The molecule has 8 heteroatoms. The van der Waals surface area contributed by atoms with E-state index < -0.39 is 11.7 Å². The van der Waals surface area contributed by atoms with Gasteiger partial charge in [0.1, 0.15) is 5.03 Å². The molecule has 0 aliphatic rings. The zero-order valence-electron chi connectivity index (χ0n) is 11.4. The molecule has 0 spiro atoms. The summed E-state index contributed by atoms with van der Waals surface area (Å²) in [7, 11) is 0. The maximum absolute atomic E-state index is 12.8. The number of alkyl halides is 3. The Labute approximate surface area is 139 Å². The Morgan fingerprint density at radius 2 is 2.05 bits per heavy atom. The predicted octanol–water partition coefficient (Wildman–Crippen LogP) is 5.28. The molecule has 0 fully saturated rings. The molecule has 0 aliphatic carbocycles. The van der Waals surface area contributed by atoms with Crippen molar-refractivity contribution in [2.75, 3.05) is 6.61 Å². The summed E-state index contributed by atoms with van der Waals surface area (Å²) in [5.74, 6) is 0. The highest BCUT2D eigenvalue weighted by Crippen LogP contribution is 2.41. The van der Waals surface area contributed by atoms with E-state index >= 15 is 0 Å². The van der Waals surface area contributed by atoms with E-state index in [9.17, 15) is 13.2 Å². The van der Waals surface area contributed by atoms with Crippen LogP contribution in [0.2, 0.25) is 5.02 Å². The van der Waals surface area contributed by atoms with Gasteiger partial charge in [-0.25, -0.2) is 4.98 Å². The maximum Gasteiger partial charge on any atom is 0.417 e. The second kappa shape index (κ2) is 7.68. The molecule has 1 aromatic carbocycles. The molecule has 1 N–H and O–H groups in total. The minimum Gasteiger partial charge on any atom is -0.396 e. The van der Waals surface area contributed by atoms with Crippen molar-refractivity contribution in [3.8, 4) is 0 Å². The molecule has 0 radical (unpaired) electrons. The monoisotopic (exact) mass is 367 g/mol. The summed E-state index contributed by atoms with van der Waals surface area (Å²) in [4.78, 5) is 4.71. The molecular weight excluding hydrogens is 355 g/mol. The number of benzene rings is 1. The summed E-state index contributed by atoms with van der Waals surface area (Å²) in [5, 5.41) is 11.8. The number of rotatable bonds is 6. The molecule has 0 unspecified atom stereocenters. The third-order valence-corrected chi connectivity index (χ3v) is 5.37. The lowest BCUT2D eigenvalue weighted by molar-refractivity contribution is -0.137. The highest BCUT2D eigenvalue weighted by atomic mass is 35.5. The van der Waals surface area contributed by atoms with Crippen LogP contribution in [0, 0.1) is 0 Å². The number of nitrogens with zero attached hydrogens (tertiary/aromatic N) is 1. The topological polar surface area (TPSA) is 33.1 Å². The lowest BCUT2D eigenvalue weighted by Gasteiger charge is -2.11. The first kappa shape index (κ1) is 17.6. The van der Waals surface area contributed by atoms with Gasteiger partial charge in [0.05, 0.1) is 15.6 Å². The molecule has 0 amide bonds. The van der Waals surface area contributed by atoms with E-state index in [1.165, 1.54) is 17.4 Å². The van der Waals surface area contributed by atoms with Crippen LogP contribution in [-0.2, 0) is 12.6 Å². The van der Waals surface area contributed by atoms with Crippen molar-refractivity contribution in [2.45, 2.75) is 35.4 Å². The summed E-state index contributed by atoms with van der Waals surface area (Å²) < 4.78 is 38.5. The summed E-state index contributed by atoms with van der Waals surface area (Å²) in [6.07, 6.45) is -2.17. The van der Waals surface area contributed by atoms with Crippen molar-refractivity contribution in [1.82, 2.24) is 4.98 Å². The van der Waals surface area contributed by atoms with E-state index in [-0.39, 0.29) is 11.6 Å². The third-order valence-electron chi connectivity index (χ3n) is 2.81. The summed E-state index contributed by atoms with van der Waals surface area (Å²) in [5.41, 5.74) is -0.836. The second-order valence-electron chi connectivity index (χ2n) is 4.48. The van der Waals surface area contributed by atoms with Crippen LogP contribution in [0.3, 0.4) is 0 Å². The smallest absolute Gasteiger partial charge is 0.396 e. The number of thiazole rings is 1. The van der Waals surface area contributed by atoms with Gasteiger partial charge in [-0.1, -0.05) is 29.4 Å². The number of halogens is 4. The van der Waals surface area contributed by atoms with E-state index in [4.69, 9.17) is 16.7 Å². The number of hydrogen-bond acceptors (Lipinski definition) is 4. The minimum atomic E-state index is -4.47. The zero-order chi connectivity index (χ0) is 16.2.